The van der Waals surface area contributed by atoms with Gasteiger partial charge in [-0.3, -0.25) is 0 Å². The second-order valence-electron chi connectivity index (χ2n) is 4.37. The van der Waals surface area contributed by atoms with E-state index in [4.69, 9.17) is 0 Å². The molecule has 0 spiro atoms. The first-order chi connectivity index (χ1) is 9.15. The van der Waals surface area contributed by atoms with E-state index in [1.165, 1.54) is 11.8 Å². The number of hydrogen-bond donors (Lipinski definition) is 1. The summed E-state index contributed by atoms with van der Waals surface area (Å²) >= 11 is 1.51. The highest BCUT2D eigenvalue weighted by atomic mass is 32.2. The lowest BCUT2D eigenvalue weighted by Gasteiger charge is -2.11. The predicted octanol–water partition coefficient (Wildman–Crippen LogP) is 3.58. The lowest BCUT2D eigenvalue weighted by molar-refractivity contribution is 0.0690. The fraction of sp³-hybridized carbons (Fsp3) is 0.643. The molecule has 1 aromatic rings. The molecule has 1 N–H and O–H groups in total. The number of carboxylic acid groups (broad SMARTS) is 1. The number of carboxylic acids is 1. The largest absolute Gasteiger partial charge is 0.478 e. The number of nitrogens with zero attached hydrogens (tertiary/aromatic N) is 2. The molecule has 0 aliphatic heterocycles. The molecule has 0 aromatic carbocycles. The van der Waals surface area contributed by atoms with E-state index >= 15 is 0 Å². The van der Waals surface area contributed by atoms with Gasteiger partial charge in [-0.15, -0.1) is 16.9 Å². The highest BCUT2D eigenvalue weighted by Gasteiger charge is 2.20. The van der Waals surface area contributed by atoms with Crippen molar-refractivity contribution in [2.24, 2.45) is 0 Å². The summed E-state index contributed by atoms with van der Waals surface area (Å²) in [5.74, 6) is 0.0108. The van der Waals surface area contributed by atoms with Crippen LogP contribution in [-0.2, 0) is 12.8 Å². The monoisotopic (exact) mass is 282 g/mol. The lowest BCUT2D eigenvalue weighted by Crippen LogP contribution is -2.11. The summed E-state index contributed by atoms with van der Waals surface area (Å²) in [6.45, 7) is 6.09. The highest BCUT2D eigenvalue weighted by molar-refractivity contribution is 7.99. The van der Waals surface area contributed by atoms with E-state index in [2.05, 4.69) is 17.1 Å². The first-order valence-corrected chi connectivity index (χ1v) is 7.88. The fourth-order valence-electron chi connectivity index (χ4n) is 2.00. The van der Waals surface area contributed by atoms with Gasteiger partial charge in [-0.05, 0) is 30.6 Å². The van der Waals surface area contributed by atoms with Crippen LogP contribution in [0.3, 0.4) is 0 Å². The Labute approximate surface area is 119 Å². The molecule has 0 fully saturated rings. The molecule has 1 heterocycles. The highest BCUT2D eigenvalue weighted by Crippen LogP contribution is 2.26. The van der Waals surface area contributed by atoms with Crippen LogP contribution >= 0.6 is 11.8 Å². The maximum Gasteiger partial charge on any atom is 0.338 e. The number of aromatic nitrogens is 2. The smallest absolute Gasteiger partial charge is 0.338 e. The second kappa shape index (κ2) is 8.15. The first kappa shape index (κ1) is 16.0. The third-order valence-corrected chi connectivity index (χ3v) is 4.07. The summed E-state index contributed by atoms with van der Waals surface area (Å²) in [5.41, 5.74) is 2.00. The Morgan fingerprint density at radius 1 is 1.16 bits per heavy atom. The predicted molar refractivity (Wildman–Crippen MR) is 78.0 cm³/mol. The van der Waals surface area contributed by atoms with Gasteiger partial charge in [-0.2, -0.15) is 5.10 Å². The van der Waals surface area contributed by atoms with Crippen molar-refractivity contribution < 1.29 is 9.90 Å². The molecule has 0 atom stereocenters. The molecule has 4 nitrogen and oxygen atoms in total. The van der Waals surface area contributed by atoms with Gasteiger partial charge in [0.15, 0.2) is 0 Å². The van der Waals surface area contributed by atoms with Crippen LogP contribution in [0.5, 0.6) is 0 Å². The molecular weight excluding hydrogens is 260 g/mol. The van der Waals surface area contributed by atoms with Crippen molar-refractivity contribution in [3.05, 3.63) is 16.8 Å². The van der Waals surface area contributed by atoms with Gasteiger partial charge >= 0.3 is 5.97 Å². The zero-order valence-electron chi connectivity index (χ0n) is 11.9. The van der Waals surface area contributed by atoms with E-state index in [-0.39, 0.29) is 0 Å². The van der Waals surface area contributed by atoms with Crippen molar-refractivity contribution in [3.63, 3.8) is 0 Å². The number of hydrogen-bond acceptors (Lipinski definition) is 4. The van der Waals surface area contributed by atoms with Crippen LogP contribution in [0.4, 0.5) is 0 Å². The maximum atomic E-state index is 11.5. The third kappa shape index (κ3) is 4.20. The summed E-state index contributed by atoms with van der Waals surface area (Å²) in [6, 6.07) is 0. The van der Waals surface area contributed by atoms with Crippen molar-refractivity contribution >= 4 is 17.7 Å². The Balaban J connectivity index is 3.00. The van der Waals surface area contributed by atoms with Gasteiger partial charge in [0.2, 0.25) is 0 Å². The average Bonchev–Trinajstić information content (AvgIpc) is 2.42. The molecule has 0 aliphatic rings. The molecule has 5 heteroatoms. The molecule has 0 radical (unpaired) electrons. The molecular formula is C14H22N2O2S. The van der Waals surface area contributed by atoms with Gasteiger partial charge < -0.3 is 5.11 Å². The summed E-state index contributed by atoms with van der Waals surface area (Å²) in [7, 11) is 0. The fourth-order valence-corrected chi connectivity index (χ4v) is 2.99. The zero-order chi connectivity index (χ0) is 14.3. The molecule has 0 saturated carbocycles. The quantitative estimate of drug-likeness (QED) is 0.583. The van der Waals surface area contributed by atoms with Crippen LogP contribution in [-0.4, -0.2) is 27.0 Å². The summed E-state index contributed by atoms with van der Waals surface area (Å²) in [5, 5.41) is 18.3. The van der Waals surface area contributed by atoms with Crippen LogP contribution in [0.1, 0.15) is 61.6 Å². The van der Waals surface area contributed by atoms with Crippen LogP contribution in [0.25, 0.3) is 0 Å². The molecule has 0 amide bonds. The zero-order valence-corrected chi connectivity index (χ0v) is 12.7. The number of aryl methyl sites for hydroxylation is 1. The number of thioether (sulfide) groups is 1. The Bertz CT molecular complexity index is 436. The number of carbonyl (C=O) groups is 1. The SMILES string of the molecule is CCCCCSc1nnc(CC)c(CC)c1C(=O)O. The molecule has 19 heavy (non-hydrogen) atoms. The van der Waals surface area contributed by atoms with Crippen LogP contribution < -0.4 is 0 Å². The van der Waals surface area contributed by atoms with Crippen molar-refractivity contribution in [2.45, 2.75) is 57.9 Å². The second-order valence-corrected chi connectivity index (χ2v) is 5.46. The van der Waals surface area contributed by atoms with Crippen LogP contribution in [0.15, 0.2) is 5.03 Å². The first-order valence-electron chi connectivity index (χ1n) is 6.90. The van der Waals surface area contributed by atoms with Crippen LogP contribution in [0, 0.1) is 0 Å². The Hall–Kier alpha value is -1.10. The van der Waals surface area contributed by atoms with Crippen molar-refractivity contribution in [3.8, 4) is 0 Å². The van der Waals surface area contributed by atoms with E-state index in [1.807, 2.05) is 13.8 Å². The van der Waals surface area contributed by atoms with E-state index in [9.17, 15) is 9.90 Å². The van der Waals surface area contributed by atoms with Crippen molar-refractivity contribution in [1.29, 1.82) is 0 Å². The molecule has 106 valence electrons. The van der Waals surface area contributed by atoms with Crippen LogP contribution in [0.2, 0.25) is 0 Å². The molecule has 1 rings (SSSR count). The van der Waals surface area contributed by atoms with Crippen molar-refractivity contribution in [2.75, 3.05) is 5.75 Å². The number of rotatable bonds is 8. The number of aromatic carboxylic acids is 1. The summed E-state index contributed by atoms with van der Waals surface area (Å²) in [4.78, 5) is 11.5. The minimum Gasteiger partial charge on any atom is -0.478 e. The maximum absolute atomic E-state index is 11.5. The third-order valence-electron chi connectivity index (χ3n) is 3.01. The molecule has 0 unspecified atom stereocenters. The Kier molecular flexibility index (Phi) is 6.84. The van der Waals surface area contributed by atoms with Crippen molar-refractivity contribution in [1.82, 2.24) is 10.2 Å². The van der Waals surface area contributed by atoms with E-state index in [0.717, 1.165) is 42.7 Å². The summed E-state index contributed by atoms with van der Waals surface area (Å²) < 4.78 is 0. The van der Waals surface area contributed by atoms with E-state index < -0.39 is 5.97 Å². The minimum absolute atomic E-state index is 0.357. The minimum atomic E-state index is -0.889. The van der Waals surface area contributed by atoms with Gasteiger partial charge in [0, 0.05) is 0 Å². The molecule has 0 aliphatic carbocycles. The van der Waals surface area contributed by atoms with E-state index in [1.54, 1.807) is 0 Å². The average molecular weight is 282 g/mol. The normalized spacial score (nSPS) is 10.7. The standard InChI is InChI=1S/C14H22N2O2S/c1-4-7-8-9-19-13-12(14(17)18)10(5-2)11(6-3)15-16-13/h4-9H2,1-3H3,(H,17,18). The van der Waals surface area contributed by atoms with Gasteiger partial charge in [0.25, 0.3) is 0 Å². The van der Waals surface area contributed by atoms with Gasteiger partial charge in [0.1, 0.15) is 5.03 Å². The molecule has 0 bridgehead atoms. The Morgan fingerprint density at radius 2 is 1.89 bits per heavy atom. The van der Waals surface area contributed by atoms with Gasteiger partial charge in [-0.1, -0.05) is 33.6 Å². The number of unbranched alkanes of at least 4 members (excludes halogenated alkanes) is 2. The lowest BCUT2D eigenvalue weighted by atomic mass is 10.0. The van der Waals surface area contributed by atoms with Gasteiger partial charge in [0.05, 0.1) is 11.3 Å². The van der Waals surface area contributed by atoms with E-state index in [0.29, 0.717) is 17.0 Å². The molecule has 0 saturated heterocycles. The van der Waals surface area contributed by atoms with Gasteiger partial charge in [-0.25, -0.2) is 4.79 Å². The Morgan fingerprint density at radius 3 is 2.42 bits per heavy atom. The topological polar surface area (TPSA) is 63.1 Å². The summed E-state index contributed by atoms with van der Waals surface area (Å²) in [6.07, 6.45) is 4.81. The molecule has 1 aromatic heterocycles.